The molecule has 0 fully saturated rings. The van der Waals surface area contributed by atoms with Gasteiger partial charge in [0.1, 0.15) is 0 Å². The molecule has 0 bridgehead atoms. The number of hydrogen-bond donors (Lipinski definition) is 1. The van der Waals surface area contributed by atoms with Gasteiger partial charge in [0.05, 0.1) is 10.2 Å². The van der Waals surface area contributed by atoms with Crippen molar-refractivity contribution in [1.82, 2.24) is 4.31 Å². The molecule has 0 aromatic heterocycles. The summed E-state index contributed by atoms with van der Waals surface area (Å²) in [7, 11) is -0.949. The van der Waals surface area contributed by atoms with Crippen molar-refractivity contribution in [3.63, 3.8) is 0 Å². The number of rotatable bonds is 3. The maximum atomic E-state index is 13.4. The maximum Gasteiger partial charge on any atom is 0.301 e. The molecule has 1 aromatic rings. The zero-order chi connectivity index (χ0) is 11.6. The molecule has 1 N–H and O–H groups in total. The van der Waals surface area contributed by atoms with E-state index in [1.54, 1.807) is 6.07 Å². The van der Waals surface area contributed by atoms with Gasteiger partial charge in [-0.3, -0.25) is 4.72 Å². The van der Waals surface area contributed by atoms with Crippen LogP contribution in [0.1, 0.15) is 0 Å². The van der Waals surface area contributed by atoms with E-state index in [1.165, 1.54) is 26.2 Å². The predicted molar refractivity (Wildman–Crippen MR) is 60.3 cm³/mol. The van der Waals surface area contributed by atoms with Gasteiger partial charge in [-0.15, -0.1) is 0 Å². The summed E-state index contributed by atoms with van der Waals surface area (Å²) in [6, 6.07) is 4.38. The van der Waals surface area contributed by atoms with Crippen LogP contribution in [0.25, 0.3) is 0 Å². The predicted octanol–water partition coefficient (Wildman–Crippen LogP) is 1.81. The summed E-state index contributed by atoms with van der Waals surface area (Å²) in [6.45, 7) is 0. The second-order valence-electron chi connectivity index (χ2n) is 2.99. The van der Waals surface area contributed by atoms with E-state index in [0.717, 1.165) is 4.31 Å². The van der Waals surface area contributed by atoms with Crippen molar-refractivity contribution in [2.45, 2.75) is 0 Å². The van der Waals surface area contributed by atoms with Gasteiger partial charge in [0.25, 0.3) is 0 Å². The van der Waals surface area contributed by atoms with Gasteiger partial charge in [0.15, 0.2) is 5.82 Å². The number of benzene rings is 1. The van der Waals surface area contributed by atoms with Crippen LogP contribution in [0.4, 0.5) is 10.1 Å². The fourth-order valence-corrected chi connectivity index (χ4v) is 1.80. The molecule has 7 heteroatoms. The second-order valence-corrected chi connectivity index (χ2v) is 5.73. The highest BCUT2D eigenvalue weighted by Crippen LogP contribution is 2.23. The lowest BCUT2D eigenvalue weighted by Gasteiger charge is -2.13. The van der Waals surface area contributed by atoms with Crippen molar-refractivity contribution in [3.8, 4) is 0 Å². The molecule has 0 spiro atoms. The third kappa shape index (κ3) is 2.90. The summed E-state index contributed by atoms with van der Waals surface area (Å²) in [5.41, 5.74) is -0.0851. The number of nitrogens with one attached hydrogen (secondary N) is 1. The highest BCUT2D eigenvalue weighted by Gasteiger charge is 2.16. The Morgan fingerprint density at radius 3 is 2.53 bits per heavy atom. The monoisotopic (exact) mass is 296 g/mol. The third-order valence-electron chi connectivity index (χ3n) is 1.67. The smallest absolute Gasteiger partial charge is 0.268 e. The van der Waals surface area contributed by atoms with Crippen LogP contribution in [0.3, 0.4) is 0 Å². The summed E-state index contributed by atoms with van der Waals surface area (Å²) in [4.78, 5) is 0. The first-order chi connectivity index (χ1) is 6.84. The Morgan fingerprint density at radius 1 is 1.40 bits per heavy atom. The molecule has 4 nitrogen and oxygen atoms in total. The summed E-state index contributed by atoms with van der Waals surface area (Å²) in [6.07, 6.45) is 0. The molecule has 0 saturated heterocycles. The molecule has 0 amide bonds. The van der Waals surface area contributed by atoms with Crippen molar-refractivity contribution < 1.29 is 12.8 Å². The van der Waals surface area contributed by atoms with E-state index in [1.807, 2.05) is 0 Å². The first-order valence-electron chi connectivity index (χ1n) is 3.99. The fraction of sp³-hybridized carbons (Fsp3) is 0.250. The lowest BCUT2D eigenvalue weighted by molar-refractivity contribution is 0.526. The van der Waals surface area contributed by atoms with E-state index >= 15 is 0 Å². The molecular formula is C8H10BrFN2O2S. The third-order valence-corrected chi connectivity index (χ3v) is 3.72. The SMILES string of the molecule is CN(C)S(=O)(=O)Nc1cccc(Br)c1F. The first-order valence-corrected chi connectivity index (χ1v) is 6.22. The highest BCUT2D eigenvalue weighted by atomic mass is 79.9. The largest absolute Gasteiger partial charge is 0.301 e. The van der Waals surface area contributed by atoms with Crippen molar-refractivity contribution in [2.24, 2.45) is 0 Å². The van der Waals surface area contributed by atoms with Gasteiger partial charge in [-0.05, 0) is 28.1 Å². The summed E-state index contributed by atoms with van der Waals surface area (Å²) >= 11 is 2.97. The zero-order valence-corrected chi connectivity index (χ0v) is 10.6. The number of halogens is 2. The Hall–Kier alpha value is -0.660. The van der Waals surface area contributed by atoms with Crippen LogP contribution in [-0.4, -0.2) is 26.8 Å². The average Bonchev–Trinajstić information content (AvgIpc) is 2.12. The van der Waals surface area contributed by atoms with E-state index < -0.39 is 16.0 Å². The molecule has 0 aliphatic carbocycles. The number of anilines is 1. The molecule has 0 unspecified atom stereocenters. The Bertz CT molecular complexity index is 462. The minimum absolute atomic E-state index is 0.0851. The quantitative estimate of drug-likeness (QED) is 0.925. The number of nitrogens with zero attached hydrogens (tertiary/aromatic N) is 1. The van der Waals surface area contributed by atoms with Gasteiger partial charge in [-0.1, -0.05) is 6.07 Å². The van der Waals surface area contributed by atoms with Gasteiger partial charge in [0, 0.05) is 14.1 Å². The van der Waals surface area contributed by atoms with Gasteiger partial charge in [-0.2, -0.15) is 12.7 Å². The van der Waals surface area contributed by atoms with Gasteiger partial charge in [-0.25, -0.2) is 4.39 Å². The van der Waals surface area contributed by atoms with Crippen LogP contribution in [0.15, 0.2) is 22.7 Å². The van der Waals surface area contributed by atoms with Crippen LogP contribution < -0.4 is 4.72 Å². The molecule has 1 rings (SSSR count). The van der Waals surface area contributed by atoms with Crippen LogP contribution in [0.5, 0.6) is 0 Å². The molecule has 15 heavy (non-hydrogen) atoms. The molecular weight excluding hydrogens is 287 g/mol. The van der Waals surface area contributed by atoms with Crippen molar-refractivity contribution in [1.29, 1.82) is 0 Å². The van der Waals surface area contributed by atoms with E-state index in [2.05, 4.69) is 20.7 Å². The first kappa shape index (κ1) is 12.4. The van der Waals surface area contributed by atoms with Crippen LogP contribution >= 0.6 is 15.9 Å². The molecule has 1 aromatic carbocycles. The Labute approximate surface area is 96.4 Å². The molecule has 0 atom stereocenters. The van der Waals surface area contributed by atoms with E-state index in [-0.39, 0.29) is 10.2 Å². The summed E-state index contributed by atoms with van der Waals surface area (Å²) < 4.78 is 39.5. The maximum absolute atomic E-state index is 13.4. The van der Waals surface area contributed by atoms with E-state index in [9.17, 15) is 12.8 Å². The van der Waals surface area contributed by atoms with Crippen molar-refractivity contribution >= 4 is 31.8 Å². The van der Waals surface area contributed by atoms with Gasteiger partial charge >= 0.3 is 10.2 Å². The summed E-state index contributed by atoms with van der Waals surface area (Å²) in [5.74, 6) is -0.636. The molecule has 0 aliphatic rings. The second kappa shape index (κ2) is 4.46. The normalized spacial score (nSPS) is 11.8. The minimum atomic E-state index is -3.67. The van der Waals surface area contributed by atoms with Crippen LogP contribution in [0.2, 0.25) is 0 Å². The van der Waals surface area contributed by atoms with E-state index in [0.29, 0.717) is 0 Å². The molecule has 0 heterocycles. The average molecular weight is 297 g/mol. The van der Waals surface area contributed by atoms with E-state index in [4.69, 9.17) is 0 Å². The van der Waals surface area contributed by atoms with Gasteiger partial charge in [0.2, 0.25) is 0 Å². The summed E-state index contributed by atoms with van der Waals surface area (Å²) in [5, 5.41) is 0. The van der Waals surface area contributed by atoms with Crippen LogP contribution in [-0.2, 0) is 10.2 Å². The Morgan fingerprint density at radius 2 is 2.00 bits per heavy atom. The van der Waals surface area contributed by atoms with Crippen LogP contribution in [0, 0.1) is 5.82 Å². The Balaban J connectivity index is 3.06. The zero-order valence-electron chi connectivity index (χ0n) is 8.16. The standard InChI is InChI=1S/C8H10BrFN2O2S/c1-12(2)15(13,14)11-7-5-3-4-6(9)8(7)10/h3-5,11H,1-2H3. The Kier molecular flexibility index (Phi) is 3.69. The van der Waals surface area contributed by atoms with Gasteiger partial charge < -0.3 is 0 Å². The fourth-order valence-electron chi connectivity index (χ4n) is 0.813. The van der Waals surface area contributed by atoms with Crippen molar-refractivity contribution in [2.75, 3.05) is 18.8 Å². The lowest BCUT2D eigenvalue weighted by atomic mass is 10.3. The minimum Gasteiger partial charge on any atom is -0.268 e. The molecule has 84 valence electrons. The van der Waals surface area contributed by atoms with Crippen molar-refractivity contribution in [3.05, 3.63) is 28.5 Å². The molecule has 0 aliphatic heterocycles. The molecule has 0 radical (unpaired) electrons. The topological polar surface area (TPSA) is 49.4 Å². The molecule has 0 saturated carbocycles. The lowest BCUT2D eigenvalue weighted by Crippen LogP contribution is -2.29. The number of hydrogen-bond acceptors (Lipinski definition) is 2. The highest BCUT2D eigenvalue weighted by molar-refractivity contribution is 9.10.